The van der Waals surface area contributed by atoms with E-state index in [1.54, 1.807) is 0 Å². The van der Waals surface area contributed by atoms with Gasteiger partial charge in [-0.1, -0.05) is 44.2 Å². The van der Waals surface area contributed by atoms with Crippen LogP contribution in [0.25, 0.3) is 11.3 Å². The number of nitrogens with zero attached hydrogens (tertiary/aromatic N) is 1. The van der Waals surface area contributed by atoms with Gasteiger partial charge in [-0.05, 0) is 13.0 Å². The Bertz CT molecular complexity index is 462. The van der Waals surface area contributed by atoms with Crippen LogP contribution in [0.1, 0.15) is 23.7 Å². The van der Waals surface area contributed by atoms with E-state index >= 15 is 0 Å². The van der Waals surface area contributed by atoms with Gasteiger partial charge in [0.25, 0.3) is 0 Å². The van der Waals surface area contributed by atoms with E-state index in [9.17, 15) is 0 Å². The molecule has 0 aliphatic carbocycles. The molecule has 0 fully saturated rings. The monoisotopic (exact) mass is 246 g/mol. The van der Waals surface area contributed by atoms with Gasteiger partial charge >= 0.3 is 0 Å². The van der Waals surface area contributed by atoms with Gasteiger partial charge in [0.2, 0.25) is 0 Å². The number of hydrogen-bond acceptors (Lipinski definition) is 3. The SMILES string of the molecule is CCNCc1sc(CC)nc1-c1ccccc1. The summed E-state index contributed by atoms with van der Waals surface area (Å²) in [5, 5.41) is 4.60. The molecule has 17 heavy (non-hydrogen) atoms. The van der Waals surface area contributed by atoms with Crippen molar-refractivity contribution in [1.82, 2.24) is 10.3 Å². The number of aromatic nitrogens is 1. The van der Waals surface area contributed by atoms with Gasteiger partial charge in [0.1, 0.15) is 0 Å². The highest BCUT2D eigenvalue weighted by molar-refractivity contribution is 7.12. The minimum absolute atomic E-state index is 0.915. The van der Waals surface area contributed by atoms with E-state index in [4.69, 9.17) is 4.98 Å². The van der Waals surface area contributed by atoms with Crippen LogP contribution in [0.15, 0.2) is 30.3 Å². The Morgan fingerprint density at radius 1 is 1.18 bits per heavy atom. The van der Waals surface area contributed by atoms with Crippen LogP contribution in [0.5, 0.6) is 0 Å². The first-order valence-corrected chi connectivity index (χ1v) is 6.91. The summed E-state index contributed by atoms with van der Waals surface area (Å²) in [7, 11) is 0. The largest absolute Gasteiger partial charge is 0.312 e. The molecule has 90 valence electrons. The van der Waals surface area contributed by atoms with E-state index in [1.165, 1.54) is 15.4 Å². The second-order valence-corrected chi connectivity index (χ2v) is 5.05. The molecule has 0 amide bonds. The van der Waals surface area contributed by atoms with Gasteiger partial charge in [0.05, 0.1) is 10.7 Å². The molecular formula is C14H18N2S. The number of hydrogen-bond donors (Lipinski definition) is 1. The normalized spacial score (nSPS) is 10.7. The molecule has 0 aliphatic heterocycles. The Hall–Kier alpha value is -1.19. The predicted octanol–water partition coefficient (Wildman–Crippen LogP) is 3.48. The highest BCUT2D eigenvalue weighted by Gasteiger charge is 2.11. The smallest absolute Gasteiger partial charge is 0.0933 e. The maximum Gasteiger partial charge on any atom is 0.0933 e. The lowest BCUT2D eigenvalue weighted by Gasteiger charge is -2.02. The molecule has 2 nitrogen and oxygen atoms in total. The first-order valence-electron chi connectivity index (χ1n) is 6.09. The van der Waals surface area contributed by atoms with E-state index in [2.05, 4.69) is 43.4 Å². The molecule has 0 unspecified atom stereocenters. The van der Waals surface area contributed by atoms with Crippen LogP contribution in [0.2, 0.25) is 0 Å². The topological polar surface area (TPSA) is 24.9 Å². The molecular weight excluding hydrogens is 228 g/mol. The molecule has 0 radical (unpaired) electrons. The Morgan fingerprint density at radius 3 is 2.59 bits per heavy atom. The third kappa shape index (κ3) is 2.93. The van der Waals surface area contributed by atoms with Crippen LogP contribution in [-0.4, -0.2) is 11.5 Å². The molecule has 1 N–H and O–H groups in total. The standard InChI is InChI=1S/C14H18N2S/c1-3-13-16-14(11-8-6-5-7-9-11)12(17-13)10-15-4-2/h5-9,15H,3-4,10H2,1-2H3. The molecule has 1 aromatic heterocycles. The first kappa shape index (κ1) is 12.3. The van der Waals surface area contributed by atoms with Crippen molar-refractivity contribution in [2.75, 3.05) is 6.54 Å². The van der Waals surface area contributed by atoms with E-state index in [-0.39, 0.29) is 0 Å². The molecule has 2 rings (SSSR count). The Morgan fingerprint density at radius 2 is 1.94 bits per heavy atom. The Balaban J connectivity index is 2.34. The zero-order chi connectivity index (χ0) is 12.1. The average Bonchev–Trinajstić information content (AvgIpc) is 2.80. The van der Waals surface area contributed by atoms with Crippen LogP contribution in [0, 0.1) is 0 Å². The fraction of sp³-hybridized carbons (Fsp3) is 0.357. The molecule has 0 bridgehead atoms. The van der Waals surface area contributed by atoms with Crippen LogP contribution >= 0.6 is 11.3 Å². The number of rotatable bonds is 5. The highest BCUT2D eigenvalue weighted by Crippen LogP contribution is 2.28. The number of nitrogens with one attached hydrogen (secondary N) is 1. The average molecular weight is 246 g/mol. The molecule has 3 heteroatoms. The van der Waals surface area contributed by atoms with Gasteiger partial charge in [-0.3, -0.25) is 0 Å². The summed E-state index contributed by atoms with van der Waals surface area (Å²) in [4.78, 5) is 6.07. The maximum atomic E-state index is 4.73. The van der Waals surface area contributed by atoms with Crippen molar-refractivity contribution < 1.29 is 0 Å². The number of benzene rings is 1. The lowest BCUT2D eigenvalue weighted by molar-refractivity contribution is 0.735. The van der Waals surface area contributed by atoms with E-state index in [0.717, 1.165) is 25.2 Å². The van der Waals surface area contributed by atoms with Crippen LogP contribution in [0.3, 0.4) is 0 Å². The summed E-state index contributed by atoms with van der Waals surface area (Å²) in [6, 6.07) is 10.4. The molecule has 0 atom stereocenters. The molecule has 0 aliphatic rings. The van der Waals surface area contributed by atoms with Crippen molar-refractivity contribution in [2.24, 2.45) is 0 Å². The van der Waals surface area contributed by atoms with Crippen LogP contribution in [0.4, 0.5) is 0 Å². The second kappa shape index (κ2) is 5.94. The lowest BCUT2D eigenvalue weighted by atomic mass is 10.1. The van der Waals surface area contributed by atoms with Gasteiger partial charge < -0.3 is 5.32 Å². The van der Waals surface area contributed by atoms with Crippen molar-refractivity contribution >= 4 is 11.3 Å². The third-order valence-electron chi connectivity index (χ3n) is 2.63. The van der Waals surface area contributed by atoms with Crippen LogP contribution < -0.4 is 5.32 Å². The quantitative estimate of drug-likeness (QED) is 0.873. The van der Waals surface area contributed by atoms with E-state index in [0.29, 0.717) is 0 Å². The first-order chi connectivity index (χ1) is 8.35. The highest BCUT2D eigenvalue weighted by atomic mass is 32.1. The predicted molar refractivity (Wildman–Crippen MR) is 74.3 cm³/mol. The molecule has 1 aromatic carbocycles. The van der Waals surface area contributed by atoms with Gasteiger partial charge in [-0.15, -0.1) is 11.3 Å². The van der Waals surface area contributed by atoms with Crippen molar-refractivity contribution in [3.8, 4) is 11.3 Å². The van der Waals surface area contributed by atoms with E-state index < -0.39 is 0 Å². The van der Waals surface area contributed by atoms with Gasteiger partial charge in [-0.2, -0.15) is 0 Å². The molecule has 0 saturated carbocycles. The van der Waals surface area contributed by atoms with Crippen molar-refractivity contribution in [3.05, 3.63) is 40.2 Å². The van der Waals surface area contributed by atoms with Gasteiger partial charge in [0, 0.05) is 17.0 Å². The Kier molecular flexibility index (Phi) is 4.29. The summed E-state index contributed by atoms with van der Waals surface area (Å²) in [6.45, 7) is 6.20. The second-order valence-electron chi connectivity index (χ2n) is 3.88. The summed E-state index contributed by atoms with van der Waals surface area (Å²) >= 11 is 1.82. The fourth-order valence-corrected chi connectivity index (χ4v) is 2.73. The number of aryl methyl sites for hydroxylation is 1. The van der Waals surface area contributed by atoms with Crippen molar-refractivity contribution in [3.63, 3.8) is 0 Å². The van der Waals surface area contributed by atoms with Gasteiger partial charge in [0.15, 0.2) is 0 Å². The zero-order valence-electron chi connectivity index (χ0n) is 10.4. The zero-order valence-corrected chi connectivity index (χ0v) is 11.2. The van der Waals surface area contributed by atoms with Crippen LogP contribution in [-0.2, 0) is 13.0 Å². The van der Waals surface area contributed by atoms with Crippen molar-refractivity contribution in [1.29, 1.82) is 0 Å². The molecule has 1 heterocycles. The Labute approximate surface area is 107 Å². The summed E-state index contributed by atoms with van der Waals surface area (Å²) < 4.78 is 0. The minimum atomic E-state index is 0.915. The summed E-state index contributed by atoms with van der Waals surface area (Å²) in [5.41, 5.74) is 2.37. The maximum absolute atomic E-state index is 4.73. The van der Waals surface area contributed by atoms with E-state index in [1.807, 2.05) is 17.4 Å². The molecule has 0 spiro atoms. The lowest BCUT2D eigenvalue weighted by Crippen LogP contribution is -2.11. The van der Waals surface area contributed by atoms with Crippen molar-refractivity contribution in [2.45, 2.75) is 26.8 Å². The minimum Gasteiger partial charge on any atom is -0.312 e. The summed E-state index contributed by atoms with van der Waals surface area (Å²) in [6.07, 6.45) is 1.01. The fourth-order valence-electron chi connectivity index (χ4n) is 1.73. The third-order valence-corrected chi connectivity index (χ3v) is 3.83. The summed E-state index contributed by atoms with van der Waals surface area (Å²) in [5.74, 6) is 0. The number of thiazole rings is 1. The molecule has 2 aromatic rings. The van der Waals surface area contributed by atoms with Gasteiger partial charge in [-0.25, -0.2) is 4.98 Å². The molecule has 0 saturated heterocycles.